The Morgan fingerprint density at radius 1 is 0.833 bits per heavy atom. The zero-order valence-corrected chi connectivity index (χ0v) is 4.50. The lowest BCUT2D eigenvalue weighted by molar-refractivity contribution is 0.469. The van der Waals surface area contributed by atoms with Gasteiger partial charge in [0.15, 0.2) is 0 Å². The maximum atomic E-state index is 2.19. The van der Waals surface area contributed by atoms with Gasteiger partial charge in [-0.3, -0.25) is 0 Å². The topological polar surface area (TPSA) is 0 Å². The monoisotopic (exact) mass is 88.1 g/mol. The van der Waals surface area contributed by atoms with Crippen LogP contribution in [0.4, 0.5) is 0 Å². The van der Waals surface area contributed by atoms with E-state index in [4.69, 9.17) is 0 Å². The molecular weight excluding hydrogens is 72.1 g/mol. The van der Waals surface area contributed by atoms with Gasteiger partial charge in [0.05, 0.1) is 0 Å². The van der Waals surface area contributed by atoms with E-state index in [2.05, 4.69) is 27.7 Å². The largest absolute Gasteiger partial charge is 0.0776 e. The average Bonchev–Trinajstić information content (AvgIpc) is 0.722. The first kappa shape index (κ1) is 9.38. The summed E-state index contributed by atoms with van der Waals surface area (Å²) < 4.78 is 0. The predicted molar refractivity (Wildman–Crippen MR) is 31.9 cm³/mol. The van der Waals surface area contributed by atoms with Gasteiger partial charge in [-0.05, 0) is 5.41 Å². The summed E-state index contributed by atoms with van der Waals surface area (Å²) in [6.07, 6.45) is 0. The molecule has 0 radical (unpaired) electrons. The summed E-state index contributed by atoms with van der Waals surface area (Å²) in [5, 5.41) is 0. The van der Waals surface area contributed by atoms with Gasteiger partial charge >= 0.3 is 0 Å². The van der Waals surface area contributed by atoms with Crippen LogP contribution in [0.5, 0.6) is 0 Å². The van der Waals surface area contributed by atoms with E-state index in [9.17, 15) is 0 Å². The van der Waals surface area contributed by atoms with Crippen LogP contribution in [0.2, 0.25) is 0 Å². The summed E-state index contributed by atoms with van der Waals surface area (Å²) in [6, 6.07) is 0. The molecule has 0 aromatic heterocycles. The van der Waals surface area contributed by atoms with E-state index in [0.29, 0.717) is 5.41 Å². The van der Waals surface area contributed by atoms with Gasteiger partial charge in [0.1, 0.15) is 0 Å². The molecule has 0 saturated heterocycles. The first-order chi connectivity index (χ1) is 2.00. The van der Waals surface area contributed by atoms with Gasteiger partial charge in [-0.2, -0.15) is 0 Å². The Kier molecular flexibility index (Phi) is 3.47. The molecular formula is C6H16. The minimum Gasteiger partial charge on any atom is -0.0776 e. The third-order valence-electron chi connectivity index (χ3n) is 0. The van der Waals surface area contributed by atoms with Gasteiger partial charge in [-0.1, -0.05) is 35.1 Å². The van der Waals surface area contributed by atoms with Crippen LogP contribution in [0.3, 0.4) is 0 Å². The van der Waals surface area contributed by atoms with Crippen LogP contribution < -0.4 is 0 Å². The number of hydrogen-bond acceptors (Lipinski definition) is 0. The zero-order chi connectivity index (χ0) is 4.50. The quantitative estimate of drug-likeness (QED) is 0.427. The molecule has 0 unspecified atom stereocenters. The van der Waals surface area contributed by atoms with Crippen LogP contribution in [0, 0.1) is 5.41 Å². The molecule has 0 aliphatic carbocycles. The minimum absolute atomic E-state index is 0. The molecule has 40 valence electrons. The molecule has 0 heterocycles. The molecule has 0 bridgehead atoms. The molecule has 0 rings (SSSR count). The summed E-state index contributed by atoms with van der Waals surface area (Å²) in [7, 11) is 0. The van der Waals surface area contributed by atoms with E-state index < -0.39 is 0 Å². The van der Waals surface area contributed by atoms with Gasteiger partial charge in [0.25, 0.3) is 0 Å². The average molecular weight is 88.2 g/mol. The molecule has 0 fully saturated rings. The normalized spacial score (nSPS) is 10.0. The van der Waals surface area contributed by atoms with Crippen LogP contribution in [0.25, 0.3) is 0 Å². The van der Waals surface area contributed by atoms with E-state index >= 15 is 0 Å². The van der Waals surface area contributed by atoms with Crippen molar-refractivity contribution in [3.8, 4) is 0 Å². The Labute approximate surface area is 41.6 Å². The molecule has 0 atom stereocenters. The van der Waals surface area contributed by atoms with Gasteiger partial charge in [0.2, 0.25) is 0 Å². The molecule has 0 heteroatoms. The maximum Gasteiger partial charge on any atom is -0.0411 e. The van der Waals surface area contributed by atoms with Gasteiger partial charge < -0.3 is 0 Å². The summed E-state index contributed by atoms with van der Waals surface area (Å²) in [4.78, 5) is 0. The smallest absolute Gasteiger partial charge is 0.0411 e. The van der Waals surface area contributed by atoms with Crippen LogP contribution in [0.1, 0.15) is 35.1 Å². The van der Waals surface area contributed by atoms with Crippen molar-refractivity contribution in [2.75, 3.05) is 0 Å². The van der Waals surface area contributed by atoms with Gasteiger partial charge in [-0.15, -0.1) is 0 Å². The summed E-state index contributed by atoms with van der Waals surface area (Å²) >= 11 is 0. The van der Waals surface area contributed by atoms with Crippen LogP contribution in [-0.4, -0.2) is 0 Å². The van der Waals surface area contributed by atoms with E-state index in [0.717, 1.165) is 0 Å². The Morgan fingerprint density at radius 3 is 0.833 bits per heavy atom. The maximum absolute atomic E-state index is 2.19. The minimum atomic E-state index is 0. The van der Waals surface area contributed by atoms with E-state index in [1.54, 1.807) is 0 Å². The van der Waals surface area contributed by atoms with Crippen LogP contribution >= 0.6 is 0 Å². The van der Waals surface area contributed by atoms with E-state index in [1.165, 1.54) is 0 Å². The second-order valence-corrected chi connectivity index (χ2v) is 3.00. The molecule has 0 amide bonds. The Balaban J connectivity index is 0. The highest BCUT2D eigenvalue weighted by atomic mass is 14.0. The van der Waals surface area contributed by atoms with Crippen molar-refractivity contribution in [3.05, 3.63) is 0 Å². The first-order valence-corrected chi connectivity index (χ1v) is 2.00. The van der Waals surface area contributed by atoms with Crippen molar-refractivity contribution in [1.29, 1.82) is 0 Å². The Bertz CT molecular complexity index is 15.5. The fourth-order valence-electron chi connectivity index (χ4n) is 0. The number of rotatable bonds is 0. The highest BCUT2D eigenvalue weighted by molar-refractivity contribution is 4.47. The summed E-state index contributed by atoms with van der Waals surface area (Å²) in [5.74, 6) is 0. The Hall–Kier alpha value is 0. The first-order valence-electron chi connectivity index (χ1n) is 2.00. The van der Waals surface area contributed by atoms with Crippen molar-refractivity contribution in [2.24, 2.45) is 5.41 Å². The molecule has 0 spiro atoms. The van der Waals surface area contributed by atoms with Crippen molar-refractivity contribution in [3.63, 3.8) is 0 Å². The second-order valence-electron chi connectivity index (χ2n) is 3.00. The van der Waals surface area contributed by atoms with Crippen molar-refractivity contribution >= 4 is 0 Å². The second kappa shape index (κ2) is 2.22. The van der Waals surface area contributed by atoms with E-state index in [1.807, 2.05) is 0 Å². The molecule has 0 nitrogen and oxygen atoms in total. The molecule has 0 N–H and O–H groups in total. The molecule has 0 aliphatic rings. The van der Waals surface area contributed by atoms with Crippen LogP contribution in [-0.2, 0) is 0 Å². The fraction of sp³-hybridized carbons (Fsp3) is 1.00. The fourth-order valence-corrected chi connectivity index (χ4v) is 0. The Morgan fingerprint density at radius 2 is 0.833 bits per heavy atom. The lowest BCUT2D eigenvalue weighted by Crippen LogP contribution is -1.93. The highest BCUT2D eigenvalue weighted by Gasteiger charge is 1.95. The van der Waals surface area contributed by atoms with Crippen molar-refractivity contribution in [2.45, 2.75) is 35.1 Å². The molecule has 0 aromatic rings. The zero-order valence-electron chi connectivity index (χ0n) is 4.50. The third kappa shape index (κ3) is 0. The number of hydrogen-bond donors (Lipinski definition) is 0. The predicted octanol–water partition coefficient (Wildman–Crippen LogP) is 2.69. The highest BCUT2D eigenvalue weighted by Crippen LogP contribution is 2.07. The SMILES string of the molecule is C.CC(C)(C)C. The molecule has 6 heavy (non-hydrogen) atoms. The standard InChI is InChI=1S/C5H12.CH4/c1-5(2,3)4;/h1-4H3;1H4. The van der Waals surface area contributed by atoms with Crippen LogP contribution in [0.15, 0.2) is 0 Å². The molecule has 0 aliphatic heterocycles. The lowest BCUT2D eigenvalue weighted by atomic mass is 10.0. The van der Waals surface area contributed by atoms with E-state index in [-0.39, 0.29) is 7.43 Å². The molecule has 0 aromatic carbocycles. The molecule has 0 saturated carbocycles. The van der Waals surface area contributed by atoms with Crippen molar-refractivity contribution < 1.29 is 0 Å². The third-order valence-corrected chi connectivity index (χ3v) is 0. The lowest BCUT2D eigenvalue weighted by Gasteiger charge is -2.05. The summed E-state index contributed by atoms with van der Waals surface area (Å²) in [6.45, 7) is 8.75. The van der Waals surface area contributed by atoms with Gasteiger partial charge in [0, 0.05) is 0 Å². The van der Waals surface area contributed by atoms with Gasteiger partial charge in [-0.25, -0.2) is 0 Å². The summed E-state index contributed by atoms with van der Waals surface area (Å²) in [5.41, 5.74) is 0.500. The van der Waals surface area contributed by atoms with Crippen molar-refractivity contribution in [1.82, 2.24) is 0 Å².